The van der Waals surface area contributed by atoms with Gasteiger partial charge in [0.15, 0.2) is 11.5 Å². The summed E-state index contributed by atoms with van der Waals surface area (Å²) in [5.41, 5.74) is 3.62. The van der Waals surface area contributed by atoms with E-state index in [1.54, 1.807) is 33.6 Å². The summed E-state index contributed by atoms with van der Waals surface area (Å²) in [6.07, 6.45) is 4.05. The number of fused-ring (bicyclic) bond motifs is 1. The topological polar surface area (TPSA) is 77.1 Å². The van der Waals surface area contributed by atoms with Crippen molar-refractivity contribution in [1.29, 1.82) is 0 Å². The number of anilines is 1. The van der Waals surface area contributed by atoms with Gasteiger partial charge in [-0.05, 0) is 36.4 Å². The number of carbonyl (C=O) groups is 1. The van der Waals surface area contributed by atoms with Crippen LogP contribution in [0.25, 0.3) is 28.2 Å². The van der Waals surface area contributed by atoms with Crippen molar-refractivity contribution < 1.29 is 9.18 Å². The molecule has 3 heterocycles. The molecular weight excluding hydrogens is 323 g/mol. The third kappa shape index (κ3) is 2.74. The zero-order chi connectivity index (χ0) is 17.4. The predicted molar refractivity (Wildman–Crippen MR) is 90.3 cm³/mol. The number of halogens is 1. The average molecular weight is 336 g/mol. The van der Waals surface area contributed by atoms with Crippen LogP contribution in [0, 0.1) is 5.82 Å². The van der Waals surface area contributed by atoms with Gasteiger partial charge in [0.1, 0.15) is 11.5 Å². The SMILES string of the molecule is Cn1cc(-c2ccc3nc(NC=O)cn3n2)c(-c2ccc(F)cc2)n1. The molecule has 0 radical (unpaired) electrons. The largest absolute Gasteiger partial charge is 0.312 e. The van der Waals surface area contributed by atoms with Crippen molar-refractivity contribution in [3.05, 3.63) is 54.6 Å². The van der Waals surface area contributed by atoms with Gasteiger partial charge in [-0.1, -0.05) is 0 Å². The molecule has 1 aromatic carbocycles. The summed E-state index contributed by atoms with van der Waals surface area (Å²) in [6.45, 7) is 0. The molecule has 1 amide bonds. The Bertz CT molecular complexity index is 1070. The fourth-order valence-corrected chi connectivity index (χ4v) is 2.65. The summed E-state index contributed by atoms with van der Waals surface area (Å²) in [6, 6.07) is 9.80. The molecule has 25 heavy (non-hydrogen) atoms. The number of amides is 1. The standard InChI is InChI=1S/C17H13FN6O/c1-23-8-13(17(22-23)11-2-4-12(18)5-3-11)14-6-7-16-20-15(19-10-25)9-24(16)21-14/h2-10H,1H3,(H,19,25). The summed E-state index contributed by atoms with van der Waals surface area (Å²) in [5, 5.41) is 11.5. The molecule has 0 aliphatic rings. The van der Waals surface area contributed by atoms with E-state index in [1.165, 1.54) is 12.1 Å². The molecule has 8 heteroatoms. The minimum atomic E-state index is -0.297. The molecule has 0 saturated heterocycles. The van der Waals surface area contributed by atoms with Crippen LogP contribution in [0.1, 0.15) is 0 Å². The lowest BCUT2D eigenvalue weighted by Gasteiger charge is -2.03. The highest BCUT2D eigenvalue weighted by atomic mass is 19.1. The molecule has 0 unspecified atom stereocenters. The van der Waals surface area contributed by atoms with E-state index in [9.17, 15) is 9.18 Å². The highest BCUT2D eigenvalue weighted by molar-refractivity contribution is 5.79. The van der Waals surface area contributed by atoms with E-state index in [1.807, 2.05) is 19.3 Å². The van der Waals surface area contributed by atoms with Crippen molar-refractivity contribution in [2.24, 2.45) is 7.05 Å². The molecule has 4 rings (SSSR count). The maximum absolute atomic E-state index is 13.2. The van der Waals surface area contributed by atoms with E-state index in [4.69, 9.17) is 0 Å². The molecule has 0 aliphatic heterocycles. The zero-order valence-corrected chi connectivity index (χ0v) is 13.2. The number of hydrogen-bond acceptors (Lipinski definition) is 4. The second kappa shape index (κ2) is 5.82. The first-order valence-corrected chi connectivity index (χ1v) is 7.50. The van der Waals surface area contributed by atoms with Gasteiger partial charge in [0.2, 0.25) is 6.41 Å². The van der Waals surface area contributed by atoms with Gasteiger partial charge in [0.05, 0.1) is 11.9 Å². The molecule has 0 aliphatic carbocycles. The Morgan fingerprint density at radius 3 is 2.64 bits per heavy atom. The molecule has 3 aromatic heterocycles. The molecular formula is C17H13FN6O. The van der Waals surface area contributed by atoms with Crippen molar-refractivity contribution in [2.45, 2.75) is 0 Å². The molecule has 0 spiro atoms. The number of nitrogens with one attached hydrogen (secondary N) is 1. The lowest BCUT2D eigenvalue weighted by molar-refractivity contribution is -0.105. The summed E-state index contributed by atoms with van der Waals surface area (Å²) in [7, 11) is 1.82. The van der Waals surface area contributed by atoms with E-state index in [0.717, 1.165) is 11.1 Å². The monoisotopic (exact) mass is 336 g/mol. The second-order valence-corrected chi connectivity index (χ2v) is 5.48. The average Bonchev–Trinajstić information content (AvgIpc) is 3.18. The lowest BCUT2D eigenvalue weighted by atomic mass is 10.1. The van der Waals surface area contributed by atoms with E-state index >= 15 is 0 Å². The molecule has 0 bridgehead atoms. The van der Waals surface area contributed by atoms with Crippen LogP contribution in [-0.4, -0.2) is 30.8 Å². The van der Waals surface area contributed by atoms with Crippen molar-refractivity contribution in [3.63, 3.8) is 0 Å². The number of hydrogen-bond donors (Lipinski definition) is 1. The molecule has 1 N–H and O–H groups in total. The van der Waals surface area contributed by atoms with Crippen molar-refractivity contribution >= 4 is 17.9 Å². The minimum absolute atomic E-state index is 0.297. The van der Waals surface area contributed by atoms with Crippen molar-refractivity contribution in [1.82, 2.24) is 24.4 Å². The van der Waals surface area contributed by atoms with Gasteiger partial charge in [0, 0.05) is 24.4 Å². The van der Waals surface area contributed by atoms with Gasteiger partial charge < -0.3 is 5.32 Å². The normalized spacial score (nSPS) is 11.0. The van der Waals surface area contributed by atoms with Crippen LogP contribution >= 0.6 is 0 Å². The Hall–Kier alpha value is -3.55. The molecule has 0 atom stereocenters. The quantitative estimate of drug-likeness (QED) is 0.581. The molecule has 124 valence electrons. The first-order chi connectivity index (χ1) is 12.1. The number of aryl methyl sites for hydroxylation is 1. The Morgan fingerprint density at radius 2 is 1.88 bits per heavy atom. The Labute approximate surface area is 141 Å². The summed E-state index contributed by atoms with van der Waals surface area (Å²) >= 11 is 0. The fraction of sp³-hybridized carbons (Fsp3) is 0.0588. The summed E-state index contributed by atoms with van der Waals surface area (Å²) in [4.78, 5) is 14.8. The smallest absolute Gasteiger partial charge is 0.212 e. The Balaban J connectivity index is 1.82. The summed E-state index contributed by atoms with van der Waals surface area (Å²) in [5.74, 6) is 0.124. The van der Waals surface area contributed by atoms with E-state index in [-0.39, 0.29) is 5.82 Å². The number of aromatic nitrogens is 5. The number of carbonyl (C=O) groups excluding carboxylic acids is 1. The third-order valence-corrected chi connectivity index (χ3v) is 3.75. The van der Waals surface area contributed by atoms with E-state index in [2.05, 4.69) is 20.5 Å². The third-order valence-electron chi connectivity index (χ3n) is 3.75. The second-order valence-electron chi connectivity index (χ2n) is 5.48. The first-order valence-electron chi connectivity index (χ1n) is 7.50. The van der Waals surface area contributed by atoms with Gasteiger partial charge in [-0.2, -0.15) is 10.2 Å². The highest BCUT2D eigenvalue weighted by Gasteiger charge is 2.14. The molecule has 0 saturated carbocycles. The van der Waals surface area contributed by atoms with Crippen LogP contribution in [0.4, 0.5) is 10.2 Å². The van der Waals surface area contributed by atoms with Crippen molar-refractivity contribution in [2.75, 3.05) is 5.32 Å². The van der Waals surface area contributed by atoms with Gasteiger partial charge in [0.25, 0.3) is 0 Å². The number of imidazole rings is 1. The van der Waals surface area contributed by atoms with Gasteiger partial charge in [-0.25, -0.2) is 13.9 Å². The zero-order valence-electron chi connectivity index (χ0n) is 13.2. The lowest BCUT2D eigenvalue weighted by Crippen LogP contribution is -1.94. The number of nitrogens with zero attached hydrogens (tertiary/aromatic N) is 5. The number of rotatable bonds is 4. The number of benzene rings is 1. The van der Waals surface area contributed by atoms with Gasteiger partial charge in [-0.3, -0.25) is 9.48 Å². The van der Waals surface area contributed by atoms with Crippen LogP contribution in [0.15, 0.2) is 48.8 Å². The maximum Gasteiger partial charge on any atom is 0.212 e. The minimum Gasteiger partial charge on any atom is -0.312 e. The molecule has 0 fully saturated rings. The highest BCUT2D eigenvalue weighted by Crippen LogP contribution is 2.30. The van der Waals surface area contributed by atoms with Crippen LogP contribution < -0.4 is 5.32 Å². The Kier molecular flexibility index (Phi) is 3.50. The van der Waals surface area contributed by atoms with Crippen LogP contribution in [0.2, 0.25) is 0 Å². The van der Waals surface area contributed by atoms with Crippen molar-refractivity contribution in [3.8, 4) is 22.5 Å². The predicted octanol–water partition coefficient (Wildman–Crippen LogP) is 2.50. The van der Waals surface area contributed by atoms with Gasteiger partial charge in [-0.15, -0.1) is 0 Å². The first kappa shape index (κ1) is 15.0. The molecule has 7 nitrogen and oxygen atoms in total. The van der Waals surface area contributed by atoms with Crippen LogP contribution in [0.3, 0.4) is 0 Å². The molecule has 4 aromatic rings. The maximum atomic E-state index is 13.2. The van der Waals surface area contributed by atoms with E-state index in [0.29, 0.717) is 29.3 Å². The van der Waals surface area contributed by atoms with E-state index < -0.39 is 0 Å². The van der Waals surface area contributed by atoms with Crippen LogP contribution in [-0.2, 0) is 11.8 Å². The Morgan fingerprint density at radius 1 is 1.08 bits per heavy atom. The fourth-order valence-electron chi connectivity index (χ4n) is 2.65. The van der Waals surface area contributed by atoms with Crippen LogP contribution in [0.5, 0.6) is 0 Å². The summed E-state index contributed by atoms with van der Waals surface area (Å²) < 4.78 is 16.5. The van der Waals surface area contributed by atoms with Gasteiger partial charge >= 0.3 is 0 Å².